The summed E-state index contributed by atoms with van der Waals surface area (Å²) >= 11 is 5.93. The first-order valence-electron chi connectivity index (χ1n) is 5.08. The van der Waals surface area contributed by atoms with Crippen LogP contribution in [0.2, 0.25) is 5.15 Å². The number of aromatic amines is 1. The highest BCUT2D eigenvalue weighted by atomic mass is 35.5. The average Bonchev–Trinajstić information content (AvgIpc) is 2.81. The minimum absolute atomic E-state index is 0.0494. The van der Waals surface area contributed by atoms with Crippen molar-refractivity contribution in [1.29, 1.82) is 0 Å². The summed E-state index contributed by atoms with van der Waals surface area (Å²) in [6, 6.07) is 6.14. The van der Waals surface area contributed by atoms with Crippen LogP contribution < -0.4 is 5.73 Å². The van der Waals surface area contributed by atoms with E-state index in [0.29, 0.717) is 5.15 Å². The second-order valence-corrected chi connectivity index (χ2v) is 4.81. The van der Waals surface area contributed by atoms with E-state index in [1.165, 1.54) is 5.56 Å². The smallest absolute Gasteiger partial charge is 0.132 e. The lowest BCUT2D eigenvalue weighted by Crippen LogP contribution is -2.24. The fourth-order valence-corrected chi connectivity index (χ4v) is 2.08. The van der Waals surface area contributed by atoms with Gasteiger partial charge >= 0.3 is 0 Å². The zero-order chi connectivity index (χ0) is 10.5. The predicted molar refractivity (Wildman–Crippen MR) is 61.0 cm³/mol. The predicted octanol–water partition coefficient (Wildman–Crippen LogP) is 2.25. The molecule has 0 amide bonds. The van der Waals surface area contributed by atoms with Gasteiger partial charge in [-0.05, 0) is 37.0 Å². The summed E-state index contributed by atoms with van der Waals surface area (Å²) in [6.45, 7) is 0. The van der Waals surface area contributed by atoms with Crippen molar-refractivity contribution in [3.05, 3.63) is 28.9 Å². The van der Waals surface area contributed by atoms with Crippen LogP contribution in [-0.4, -0.2) is 15.7 Å². The highest BCUT2D eigenvalue weighted by Crippen LogP contribution is 2.36. The summed E-state index contributed by atoms with van der Waals surface area (Å²) in [5.74, 6) is 0. The Bertz CT molecular complexity index is 514. The molecule has 1 fully saturated rings. The summed E-state index contributed by atoms with van der Waals surface area (Å²) in [6.07, 6.45) is 3.20. The molecule has 0 atom stereocenters. The van der Waals surface area contributed by atoms with Gasteiger partial charge in [0, 0.05) is 10.9 Å². The molecular formula is C11H12ClN3. The molecule has 1 aromatic heterocycles. The maximum absolute atomic E-state index is 6.07. The zero-order valence-electron chi connectivity index (χ0n) is 8.26. The van der Waals surface area contributed by atoms with Crippen LogP contribution in [0.15, 0.2) is 18.2 Å². The van der Waals surface area contributed by atoms with Gasteiger partial charge in [-0.3, -0.25) is 5.10 Å². The Kier molecular flexibility index (Phi) is 1.82. The van der Waals surface area contributed by atoms with Crippen LogP contribution in [0.5, 0.6) is 0 Å². The Morgan fingerprint density at radius 3 is 3.00 bits per heavy atom. The number of rotatable bonds is 2. The molecule has 0 aliphatic heterocycles. The maximum atomic E-state index is 6.07. The van der Waals surface area contributed by atoms with Crippen LogP contribution in [0.3, 0.4) is 0 Å². The Morgan fingerprint density at radius 2 is 2.27 bits per heavy atom. The first-order chi connectivity index (χ1) is 7.16. The lowest BCUT2D eigenvalue weighted by atomic mass is 10.0. The van der Waals surface area contributed by atoms with Crippen molar-refractivity contribution < 1.29 is 0 Å². The number of fused-ring (bicyclic) bond motifs is 1. The van der Waals surface area contributed by atoms with E-state index in [-0.39, 0.29) is 5.54 Å². The number of nitrogens with one attached hydrogen (secondary N) is 1. The van der Waals surface area contributed by atoms with E-state index < -0.39 is 0 Å². The molecule has 0 unspecified atom stereocenters. The molecule has 4 heteroatoms. The molecule has 1 aliphatic carbocycles. The lowest BCUT2D eigenvalue weighted by Gasteiger charge is -2.07. The van der Waals surface area contributed by atoms with Crippen molar-refractivity contribution >= 4 is 22.5 Å². The number of hydrogen-bond donors (Lipinski definition) is 2. The SMILES string of the molecule is NC1(Cc2ccc3c(Cl)[nH]nc3c2)CC1. The van der Waals surface area contributed by atoms with Crippen molar-refractivity contribution in [2.24, 2.45) is 5.73 Å². The summed E-state index contributed by atoms with van der Waals surface area (Å²) < 4.78 is 0. The van der Waals surface area contributed by atoms with Crippen LogP contribution in [-0.2, 0) is 6.42 Å². The third-order valence-corrected chi connectivity index (χ3v) is 3.31. The van der Waals surface area contributed by atoms with Gasteiger partial charge in [-0.15, -0.1) is 0 Å². The number of hydrogen-bond acceptors (Lipinski definition) is 2. The van der Waals surface area contributed by atoms with Gasteiger partial charge in [0.25, 0.3) is 0 Å². The summed E-state index contributed by atoms with van der Waals surface area (Å²) in [7, 11) is 0. The first-order valence-corrected chi connectivity index (χ1v) is 5.46. The molecule has 1 saturated carbocycles. The zero-order valence-corrected chi connectivity index (χ0v) is 9.01. The van der Waals surface area contributed by atoms with Gasteiger partial charge in [0.1, 0.15) is 5.15 Å². The third kappa shape index (κ3) is 1.62. The summed E-state index contributed by atoms with van der Waals surface area (Å²) in [5.41, 5.74) is 8.28. The monoisotopic (exact) mass is 221 g/mol. The van der Waals surface area contributed by atoms with E-state index in [9.17, 15) is 0 Å². The van der Waals surface area contributed by atoms with E-state index >= 15 is 0 Å². The minimum Gasteiger partial charge on any atom is -0.325 e. The lowest BCUT2D eigenvalue weighted by molar-refractivity contribution is 0.672. The molecule has 1 heterocycles. The first kappa shape index (κ1) is 9.19. The fourth-order valence-electron chi connectivity index (χ4n) is 1.88. The van der Waals surface area contributed by atoms with E-state index in [1.54, 1.807) is 0 Å². The van der Waals surface area contributed by atoms with Crippen LogP contribution in [0.1, 0.15) is 18.4 Å². The van der Waals surface area contributed by atoms with Crippen molar-refractivity contribution in [2.45, 2.75) is 24.8 Å². The standard InChI is InChI=1S/C11H12ClN3/c12-10-8-2-1-7(5-9(8)14-15-10)6-11(13)3-4-11/h1-2,5H,3-4,6,13H2,(H,14,15). The van der Waals surface area contributed by atoms with Crippen molar-refractivity contribution in [3.63, 3.8) is 0 Å². The second kappa shape index (κ2) is 2.97. The third-order valence-electron chi connectivity index (χ3n) is 3.02. The second-order valence-electron chi connectivity index (χ2n) is 4.43. The van der Waals surface area contributed by atoms with E-state index in [2.05, 4.69) is 22.3 Å². The Balaban J connectivity index is 1.99. The van der Waals surface area contributed by atoms with Gasteiger partial charge in [-0.25, -0.2) is 0 Å². The van der Waals surface area contributed by atoms with Gasteiger partial charge in [0.2, 0.25) is 0 Å². The molecule has 0 spiro atoms. The molecule has 3 nitrogen and oxygen atoms in total. The fraction of sp³-hybridized carbons (Fsp3) is 0.364. The summed E-state index contributed by atoms with van der Waals surface area (Å²) in [4.78, 5) is 0. The molecule has 3 N–H and O–H groups in total. The largest absolute Gasteiger partial charge is 0.325 e. The minimum atomic E-state index is 0.0494. The molecule has 1 aromatic carbocycles. The molecule has 1 aliphatic rings. The van der Waals surface area contributed by atoms with Gasteiger partial charge in [-0.1, -0.05) is 17.7 Å². The molecule has 0 radical (unpaired) electrons. The number of nitrogens with zero attached hydrogens (tertiary/aromatic N) is 1. The van der Waals surface area contributed by atoms with Gasteiger partial charge in [-0.2, -0.15) is 5.10 Å². The number of halogens is 1. The van der Waals surface area contributed by atoms with Crippen LogP contribution in [0.25, 0.3) is 10.9 Å². The normalized spacial score (nSPS) is 18.3. The molecular weight excluding hydrogens is 210 g/mol. The number of nitrogens with two attached hydrogens (primary N) is 1. The Hall–Kier alpha value is -1.06. The van der Waals surface area contributed by atoms with E-state index in [4.69, 9.17) is 17.3 Å². The maximum Gasteiger partial charge on any atom is 0.132 e. The van der Waals surface area contributed by atoms with Crippen molar-refractivity contribution in [1.82, 2.24) is 10.2 Å². The van der Waals surface area contributed by atoms with E-state index in [1.807, 2.05) is 6.07 Å². The molecule has 2 aromatic rings. The number of aromatic nitrogens is 2. The molecule has 3 rings (SSSR count). The highest BCUT2D eigenvalue weighted by Gasteiger charge is 2.37. The Morgan fingerprint density at radius 1 is 1.47 bits per heavy atom. The van der Waals surface area contributed by atoms with E-state index in [0.717, 1.165) is 30.2 Å². The van der Waals surface area contributed by atoms with Gasteiger partial charge in [0.15, 0.2) is 0 Å². The molecule has 0 saturated heterocycles. The van der Waals surface area contributed by atoms with Gasteiger partial charge < -0.3 is 5.73 Å². The van der Waals surface area contributed by atoms with Crippen LogP contribution in [0.4, 0.5) is 0 Å². The van der Waals surface area contributed by atoms with Gasteiger partial charge in [0.05, 0.1) is 5.52 Å². The van der Waals surface area contributed by atoms with Crippen molar-refractivity contribution in [2.75, 3.05) is 0 Å². The Labute approximate surface area is 92.6 Å². The average molecular weight is 222 g/mol. The summed E-state index contributed by atoms with van der Waals surface area (Å²) in [5, 5.41) is 8.47. The molecule has 78 valence electrons. The highest BCUT2D eigenvalue weighted by molar-refractivity contribution is 6.34. The topological polar surface area (TPSA) is 54.7 Å². The van der Waals surface area contributed by atoms with Crippen LogP contribution in [0, 0.1) is 0 Å². The number of benzene rings is 1. The molecule has 0 bridgehead atoms. The molecule has 15 heavy (non-hydrogen) atoms. The van der Waals surface area contributed by atoms with Crippen molar-refractivity contribution in [3.8, 4) is 0 Å². The quantitative estimate of drug-likeness (QED) is 0.817. The van der Waals surface area contributed by atoms with Crippen LogP contribution >= 0.6 is 11.6 Å². The number of H-pyrrole nitrogens is 1.